The van der Waals surface area contributed by atoms with Crippen LogP contribution in [0.5, 0.6) is 0 Å². The lowest BCUT2D eigenvalue weighted by molar-refractivity contribution is -0.114. The topological polar surface area (TPSA) is 88.4 Å². The number of carbonyl (C=O) groups excluding carboxylic acids is 2. The summed E-state index contributed by atoms with van der Waals surface area (Å²) in [6.07, 6.45) is 0. The molecule has 146 valence electrons. The van der Waals surface area contributed by atoms with Gasteiger partial charge in [-0.2, -0.15) is 4.98 Å². The number of amides is 2. The number of anilines is 2. The summed E-state index contributed by atoms with van der Waals surface area (Å²) < 4.78 is 27.9. The molecule has 10 heteroatoms. The maximum atomic E-state index is 13.3. The molecule has 0 bridgehead atoms. The summed E-state index contributed by atoms with van der Waals surface area (Å²) in [5, 5.41) is 11.3. The van der Waals surface area contributed by atoms with E-state index < -0.39 is 17.5 Å². The van der Waals surface area contributed by atoms with Crippen LogP contribution in [0, 0.1) is 11.6 Å². The molecule has 0 saturated carbocycles. The van der Waals surface area contributed by atoms with Crippen LogP contribution in [0.15, 0.2) is 47.8 Å². The van der Waals surface area contributed by atoms with Gasteiger partial charge in [0.1, 0.15) is 0 Å². The molecule has 0 aliphatic carbocycles. The molecule has 2 aromatic heterocycles. The minimum Gasteiger partial charge on any atom is -0.326 e. The van der Waals surface area contributed by atoms with E-state index in [4.69, 9.17) is 0 Å². The van der Waals surface area contributed by atoms with Gasteiger partial charge in [0.25, 0.3) is 11.9 Å². The van der Waals surface area contributed by atoms with Crippen LogP contribution in [-0.2, 0) is 4.79 Å². The van der Waals surface area contributed by atoms with E-state index in [-0.39, 0.29) is 17.4 Å². The Morgan fingerprint density at radius 3 is 2.48 bits per heavy atom. The van der Waals surface area contributed by atoms with Crippen LogP contribution in [0.4, 0.5) is 20.4 Å². The summed E-state index contributed by atoms with van der Waals surface area (Å²) >= 11 is 1.33. The highest BCUT2D eigenvalue weighted by molar-refractivity contribution is 7.15. The number of rotatable bonds is 4. The Bertz CT molecular complexity index is 1230. The third-order valence-corrected chi connectivity index (χ3v) is 4.81. The molecule has 0 aliphatic rings. The molecule has 2 amide bonds. The molecule has 0 radical (unpaired) electrons. The van der Waals surface area contributed by atoms with Crippen molar-refractivity contribution < 1.29 is 18.4 Å². The van der Waals surface area contributed by atoms with Gasteiger partial charge in [-0.1, -0.05) is 12.1 Å². The van der Waals surface area contributed by atoms with Gasteiger partial charge in [-0.3, -0.25) is 14.9 Å². The first-order valence-electron chi connectivity index (χ1n) is 8.39. The van der Waals surface area contributed by atoms with Gasteiger partial charge in [-0.15, -0.1) is 16.4 Å². The fourth-order valence-corrected chi connectivity index (χ4v) is 3.50. The molecule has 0 fully saturated rings. The Kier molecular flexibility index (Phi) is 4.77. The van der Waals surface area contributed by atoms with Crippen molar-refractivity contribution in [2.24, 2.45) is 0 Å². The predicted molar refractivity (Wildman–Crippen MR) is 105 cm³/mol. The first-order chi connectivity index (χ1) is 13.9. The zero-order valence-electron chi connectivity index (χ0n) is 14.9. The SMILES string of the molecule is CC(=O)Nc1ccc(-c2csc3nc(NC(=O)c4ccc(F)c(F)c4)nn23)cc1. The highest BCUT2D eigenvalue weighted by Crippen LogP contribution is 2.27. The van der Waals surface area contributed by atoms with Crippen LogP contribution in [0.3, 0.4) is 0 Å². The van der Waals surface area contributed by atoms with Gasteiger partial charge in [0.15, 0.2) is 11.6 Å². The van der Waals surface area contributed by atoms with Crippen LogP contribution in [0.2, 0.25) is 0 Å². The maximum Gasteiger partial charge on any atom is 0.258 e. The van der Waals surface area contributed by atoms with Crippen molar-refractivity contribution in [2.75, 3.05) is 10.6 Å². The van der Waals surface area contributed by atoms with E-state index in [0.29, 0.717) is 10.6 Å². The van der Waals surface area contributed by atoms with E-state index in [1.165, 1.54) is 24.3 Å². The van der Waals surface area contributed by atoms with Crippen molar-refractivity contribution >= 4 is 39.7 Å². The molecular formula is C19H13F2N5O2S. The average molecular weight is 413 g/mol. The third-order valence-electron chi connectivity index (χ3n) is 3.99. The van der Waals surface area contributed by atoms with Crippen LogP contribution < -0.4 is 10.6 Å². The molecule has 0 spiro atoms. The fraction of sp³-hybridized carbons (Fsp3) is 0.0526. The summed E-state index contributed by atoms with van der Waals surface area (Å²) in [6.45, 7) is 1.43. The number of benzene rings is 2. The molecule has 0 unspecified atom stereocenters. The Hall–Kier alpha value is -3.66. The first-order valence-corrected chi connectivity index (χ1v) is 9.27. The fourth-order valence-electron chi connectivity index (χ4n) is 2.67. The predicted octanol–water partition coefficient (Wildman–Crippen LogP) is 3.95. The molecule has 2 aromatic carbocycles. The monoisotopic (exact) mass is 413 g/mol. The molecule has 7 nitrogen and oxygen atoms in total. The highest BCUT2D eigenvalue weighted by atomic mass is 32.1. The molecule has 0 aliphatic heterocycles. The van der Waals surface area contributed by atoms with Crippen molar-refractivity contribution in [3.63, 3.8) is 0 Å². The summed E-state index contributed by atoms with van der Waals surface area (Å²) in [6, 6.07) is 10.1. The third kappa shape index (κ3) is 3.83. The van der Waals surface area contributed by atoms with Crippen LogP contribution in [0.25, 0.3) is 16.2 Å². The van der Waals surface area contributed by atoms with E-state index in [9.17, 15) is 18.4 Å². The van der Waals surface area contributed by atoms with Crippen molar-refractivity contribution in [3.05, 3.63) is 65.0 Å². The normalized spacial score (nSPS) is 10.9. The number of thiazole rings is 1. The molecule has 4 aromatic rings. The van der Waals surface area contributed by atoms with E-state index in [0.717, 1.165) is 23.4 Å². The Labute approximate surface area is 167 Å². The second kappa shape index (κ2) is 7.40. The molecule has 0 saturated heterocycles. The summed E-state index contributed by atoms with van der Waals surface area (Å²) in [7, 11) is 0. The minimum atomic E-state index is -1.11. The zero-order valence-corrected chi connectivity index (χ0v) is 15.8. The largest absolute Gasteiger partial charge is 0.326 e. The van der Waals surface area contributed by atoms with Crippen molar-refractivity contribution in [1.29, 1.82) is 0 Å². The number of hydrogen-bond acceptors (Lipinski definition) is 5. The van der Waals surface area contributed by atoms with E-state index in [1.54, 1.807) is 16.6 Å². The van der Waals surface area contributed by atoms with E-state index in [2.05, 4.69) is 20.7 Å². The molecule has 0 atom stereocenters. The standard InChI is InChI=1S/C19H13F2N5O2S/c1-10(27)22-13-5-2-11(3-6-13)16-9-29-19-24-18(25-26(16)19)23-17(28)12-4-7-14(20)15(21)8-12/h2-9H,1H3,(H,22,27)(H,23,25,28). The van der Waals surface area contributed by atoms with Crippen molar-refractivity contribution in [3.8, 4) is 11.3 Å². The minimum absolute atomic E-state index is 0.0442. The van der Waals surface area contributed by atoms with Gasteiger partial charge in [0, 0.05) is 29.1 Å². The van der Waals surface area contributed by atoms with Crippen molar-refractivity contribution in [2.45, 2.75) is 6.92 Å². The van der Waals surface area contributed by atoms with Gasteiger partial charge in [0.05, 0.1) is 5.69 Å². The number of fused-ring (bicyclic) bond motifs is 1. The first kappa shape index (κ1) is 18.7. The highest BCUT2D eigenvalue weighted by Gasteiger charge is 2.15. The maximum absolute atomic E-state index is 13.3. The van der Waals surface area contributed by atoms with E-state index >= 15 is 0 Å². The zero-order chi connectivity index (χ0) is 20.5. The number of nitrogens with zero attached hydrogens (tertiary/aromatic N) is 3. The molecule has 2 N–H and O–H groups in total. The Morgan fingerprint density at radius 1 is 1.03 bits per heavy atom. The lowest BCUT2D eigenvalue weighted by Gasteiger charge is -2.04. The lowest BCUT2D eigenvalue weighted by atomic mass is 10.1. The van der Waals surface area contributed by atoms with Crippen LogP contribution >= 0.6 is 11.3 Å². The Balaban J connectivity index is 1.58. The van der Waals surface area contributed by atoms with Gasteiger partial charge in [0.2, 0.25) is 10.9 Å². The van der Waals surface area contributed by atoms with Crippen LogP contribution in [-0.4, -0.2) is 26.4 Å². The molecule has 2 heterocycles. The number of halogens is 2. The molecular weight excluding hydrogens is 400 g/mol. The van der Waals surface area contributed by atoms with Gasteiger partial charge in [-0.05, 0) is 30.3 Å². The Morgan fingerprint density at radius 2 is 1.79 bits per heavy atom. The second-order valence-electron chi connectivity index (χ2n) is 6.09. The number of nitrogens with one attached hydrogen (secondary N) is 2. The number of carbonyl (C=O) groups is 2. The number of aromatic nitrogens is 3. The second-order valence-corrected chi connectivity index (χ2v) is 6.93. The molecule has 4 rings (SSSR count). The van der Waals surface area contributed by atoms with Gasteiger partial charge >= 0.3 is 0 Å². The van der Waals surface area contributed by atoms with Gasteiger partial charge in [-0.25, -0.2) is 13.3 Å². The quantitative estimate of drug-likeness (QED) is 0.530. The summed E-state index contributed by atoms with van der Waals surface area (Å²) in [4.78, 5) is 28.1. The van der Waals surface area contributed by atoms with E-state index in [1.807, 2.05) is 17.5 Å². The average Bonchev–Trinajstić information content (AvgIpc) is 3.24. The summed E-state index contributed by atoms with van der Waals surface area (Å²) in [5.41, 5.74) is 2.22. The summed E-state index contributed by atoms with van der Waals surface area (Å²) in [5.74, 6) is -2.91. The van der Waals surface area contributed by atoms with Crippen molar-refractivity contribution in [1.82, 2.24) is 14.6 Å². The smallest absolute Gasteiger partial charge is 0.258 e. The molecule has 29 heavy (non-hydrogen) atoms. The van der Waals surface area contributed by atoms with Crippen LogP contribution in [0.1, 0.15) is 17.3 Å². The number of hydrogen-bond donors (Lipinski definition) is 2. The van der Waals surface area contributed by atoms with Gasteiger partial charge < -0.3 is 5.32 Å². The lowest BCUT2D eigenvalue weighted by Crippen LogP contribution is -2.13.